The molecule has 0 spiro atoms. The number of nitrogens with zero attached hydrogens (tertiary/aromatic N) is 1. The van der Waals surface area contributed by atoms with Crippen LogP contribution >= 0.6 is 23.5 Å². The molecular weight excluding hydrogens is 264 g/mol. The van der Waals surface area contributed by atoms with Crippen LogP contribution in [0.4, 0.5) is 5.82 Å². The van der Waals surface area contributed by atoms with E-state index in [2.05, 4.69) is 17.3 Å². The average Bonchev–Trinajstić information content (AvgIpc) is 2.39. The van der Waals surface area contributed by atoms with Gasteiger partial charge in [-0.1, -0.05) is 13.0 Å². The molecule has 0 saturated carbocycles. The topological polar surface area (TPSA) is 77.0 Å². The Hall–Kier alpha value is -0.430. The number of thioether (sulfide) groups is 2. The number of nitrogens with one attached hydrogen (secondary N) is 1. The molecule has 0 bridgehead atoms. The van der Waals surface area contributed by atoms with Crippen LogP contribution in [-0.4, -0.2) is 33.0 Å². The highest BCUT2D eigenvalue weighted by Crippen LogP contribution is 2.34. The summed E-state index contributed by atoms with van der Waals surface area (Å²) in [5, 5.41) is 1.14. The van der Waals surface area contributed by atoms with Crippen LogP contribution in [0, 0.1) is 0 Å². The lowest BCUT2D eigenvalue weighted by molar-refractivity contribution is 0.501. The first-order valence-electron chi connectivity index (χ1n) is 6.11. The summed E-state index contributed by atoms with van der Waals surface area (Å²) in [5.74, 6) is 8.77. The standard InChI is InChI=1S/C12H20N4S2/c1-8-11(18-6-5-17-8)10(16-14)7-9-3-2-4-15-12(9)13/h2-4,8,10-11,16H,5-7,14H2,1H3,(H2,13,15). The lowest BCUT2D eigenvalue weighted by Crippen LogP contribution is -2.48. The van der Waals surface area contributed by atoms with E-state index in [4.69, 9.17) is 11.6 Å². The first-order chi connectivity index (χ1) is 8.72. The maximum absolute atomic E-state index is 5.90. The molecule has 18 heavy (non-hydrogen) atoms. The van der Waals surface area contributed by atoms with Gasteiger partial charge in [-0.3, -0.25) is 11.3 Å². The Bertz CT molecular complexity index is 388. The second kappa shape index (κ2) is 6.65. The first kappa shape index (κ1) is 14.0. The van der Waals surface area contributed by atoms with Crippen LogP contribution in [0.15, 0.2) is 18.3 Å². The van der Waals surface area contributed by atoms with Gasteiger partial charge in [0.25, 0.3) is 0 Å². The monoisotopic (exact) mass is 284 g/mol. The number of anilines is 1. The highest BCUT2D eigenvalue weighted by Gasteiger charge is 2.30. The van der Waals surface area contributed by atoms with Gasteiger partial charge in [0, 0.05) is 34.2 Å². The van der Waals surface area contributed by atoms with Gasteiger partial charge >= 0.3 is 0 Å². The van der Waals surface area contributed by atoms with Gasteiger partial charge in [0.05, 0.1) is 0 Å². The normalized spacial score (nSPS) is 25.9. The predicted molar refractivity (Wildman–Crippen MR) is 81.6 cm³/mol. The molecule has 1 fully saturated rings. The third-order valence-electron chi connectivity index (χ3n) is 3.21. The number of pyridine rings is 1. The molecule has 1 aromatic rings. The van der Waals surface area contributed by atoms with Crippen molar-refractivity contribution in [2.75, 3.05) is 17.2 Å². The lowest BCUT2D eigenvalue weighted by Gasteiger charge is -2.34. The summed E-state index contributed by atoms with van der Waals surface area (Å²) in [6.07, 6.45) is 2.55. The van der Waals surface area contributed by atoms with Crippen LogP contribution in [-0.2, 0) is 6.42 Å². The third-order valence-corrected chi connectivity index (χ3v) is 6.46. The highest BCUT2D eigenvalue weighted by atomic mass is 32.2. The minimum atomic E-state index is 0.240. The van der Waals surface area contributed by atoms with E-state index in [1.807, 2.05) is 35.7 Å². The van der Waals surface area contributed by atoms with E-state index in [0.717, 1.165) is 12.0 Å². The van der Waals surface area contributed by atoms with Crippen LogP contribution < -0.4 is 17.0 Å². The Kier molecular flexibility index (Phi) is 5.17. The van der Waals surface area contributed by atoms with Crippen LogP contribution in [0.2, 0.25) is 0 Å². The maximum Gasteiger partial charge on any atom is 0.126 e. The van der Waals surface area contributed by atoms with Crippen molar-refractivity contribution < 1.29 is 0 Å². The van der Waals surface area contributed by atoms with Gasteiger partial charge < -0.3 is 5.73 Å². The molecule has 0 aromatic carbocycles. The number of aromatic nitrogens is 1. The van der Waals surface area contributed by atoms with Gasteiger partial charge in [0.15, 0.2) is 0 Å². The molecule has 1 aliphatic rings. The van der Waals surface area contributed by atoms with Gasteiger partial charge in [0.1, 0.15) is 5.82 Å². The van der Waals surface area contributed by atoms with Crippen molar-refractivity contribution in [3.05, 3.63) is 23.9 Å². The molecule has 1 aromatic heterocycles. The zero-order valence-electron chi connectivity index (χ0n) is 10.5. The van der Waals surface area contributed by atoms with Crippen LogP contribution in [0.3, 0.4) is 0 Å². The zero-order valence-corrected chi connectivity index (χ0v) is 12.1. The second-order valence-corrected chi connectivity index (χ2v) is 7.21. The molecule has 1 aliphatic heterocycles. The molecule has 0 amide bonds. The van der Waals surface area contributed by atoms with E-state index in [1.165, 1.54) is 11.5 Å². The molecule has 3 atom stereocenters. The van der Waals surface area contributed by atoms with Gasteiger partial charge in [-0.05, 0) is 18.1 Å². The summed E-state index contributed by atoms with van der Waals surface area (Å²) in [5.41, 5.74) is 9.93. The summed E-state index contributed by atoms with van der Waals surface area (Å²) in [6, 6.07) is 4.19. The number of nitrogens with two attached hydrogens (primary N) is 2. The second-order valence-electron chi connectivity index (χ2n) is 4.44. The highest BCUT2D eigenvalue weighted by molar-refractivity contribution is 8.07. The van der Waals surface area contributed by atoms with Crippen LogP contribution in [0.5, 0.6) is 0 Å². The largest absolute Gasteiger partial charge is 0.383 e. The molecule has 2 heterocycles. The van der Waals surface area contributed by atoms with Crippen LogP contribution in [0.1, 0.15) is 12.5 Å². The Labute approximate surface area is 117 Å². The molecule has 2 rings (SSSR count). The lowest BCUT2D eigenvalue weighted by atomic mass is 10.0. The predicted octanol–water partition coefficient (Wildman–Crippen LogP) is 1.28. The van der Waals surface area contributed by atoms with Crippen molar-refractivity contribution in [3.8, 4) is 0 Å². The van der Waals surface area contributed by atoms with Crippen molar-refractivity contribution in [2.45, 2.75) is 29.9 Å². The van der Waals surface area contributed by atoms with E-state index in [-0.39, 0.29) is 6.04 Å². The van der Waals surface area contributed by atoms with E-state index in [0.29, 0.717) is 16.3 Å². The number of nitrogen functional groups attached to an aromatic ring is 1. The van der Waals surface area contributed by atoms with Crippen molar-refractivity contribution >= 4 is 29.3 Å². The third kappa shape index (κ3) is 3.32. The number of rotatable bonds is 4. The minimum Gasteiger partial charge on any atom is -0.383 e. The van der Waals surface area contributed by atoms with Gasteiger partial charge in [0.2, 0.25) is 0 Å². The molecule has 0 radical (unpaired) electrons. The van der Waals surface area contributed by atoms with Gasteiger partial charge in [-0.2, -0.15) is 23.5 Å². The van der Waals surface area contributed by atoms with Crippen LogP contribution in [0.25, 0.3) is 0 Å². The van der Waals surface area contributed by atoms with Crippen molar-refractivity contribution in [2.24, 2.45) is 5.84 Å². The molecule has 5 N–H and O–H groups in total. The Morgan fingerprint density at radius 3 is 2.94 bits per heavy atom. The fourth-order valence-electron chi connectivity index (χ4n) is 2.22. The maximum atomic E-state index is 5.90. The van der Waals surface area contributed by atoms with Crippen molar-refractivity contribution in [1.82, 2.24) is 10.4 Å². The Morgan fingerprint density at radius 2 is 2.28 bits per heavy atom. The van der Waals surface area contributed by atoms with Gasteiger partial charge in [-0.25, -0.2) is 4.98 Å². The number of hydrogen-bond acceptors (Lipinski definition) is 6. The van der Waals surface area contributed by atoms with Crippen molar-refractivity contribution in [3.63, 3.8) is 0 Å². The van der Waals surface area contributed by atoms with E-state index < -0.39 is 0 Å². The fourth-order valence-corrected chi connectivity index (χ4v) is 5.16. The minimum absolute atomic E-state index is 0.240. The Morgan fingerprint density at radius 1 is 1.50 bits per heavy atom. The summed E-state index contributed by atoms with van der Waals surface area (Å²) < 4.78 is 0. The molecule has 6 heteroatoms. The molecule has 0 aliphatic carbocycles. The summed E-state index contributed by atoms with van der Waals surface area (Å²) in [4.78, 5) is 4.13. The summed E-state index contributed by atoms with van der Waals surface area (Å²) in [7, 11) is 0. The summed E-state index contributed by atoms with van der Waals surface area (Å²) >= 11 is 4.03. The van der Waals surface area contributed by atoms with E-state index in [1.54, 1.807) is 6.20 Å². The number of hydrogen-bond donors (Lipinski definition) is 3. The van der Waals surface area contributed by atoms with Crippen molar-refractivity contribution in [1.29, 1.82) is 0 Å². The first-order valence-corrected chi connectivity index (χ1v) is 8.21. The quantitative estimate of drug-likeness (QED) is 0.571. The molecular formula is C12H20N4S2. The Balaban J connectivity index is 2.07. The van der Waals surface area contributed by atoms with E-state index in [9.17, 15) is 0 Å². The SMILES string of the molecule is CC1SCCSC1C(Cc1cccnc1N)NN. The zero-order chi connectivity index (χ0) is 13.0. The summed E-state index contributed by atoms with van der Waals surface area (Å²) in [6.45, 7) is 2.28. The van der Waals surface area contributed by atoms with E-state index >= 15 is 0 Å². The molecule has 4 nitrogen and oxygen atoms in total. The fraction of sp³-hybridized carbons (Fsp3) is 0.583. The molecule has 1 saturated heterocycles. The smallest absolute Gasteiger partial charge is 0.126 e. The molecule has 3 unspecified atom stereocenters. The molecule has 100 valence electrons. The average molecular weight is 284 g/mol. The number of hydrazine groups is 1. The van der Waals surface area contributed by atoms with Gasteiger partial charge in [-0.15, -0.1) is 0 Å².